The number of benzene rings is 2. The molecule has 4 N–H and O–H groups in total. The number of carboxylic acids is 2. The lowest BCUT2D eigenvalue weighted by atomic mass is 9.94. The maximum atomic E-state index is 11.7. The average Bonchev–Trinajstić information content (AvgIpc) is 2.76. The molecule has 31 heavy (non-hydrogen) atoms. The molecule has 0 saturated heterocycles. The Morgan fingerprint density at radius 1 is 1.03 bits per heavy atom. The number of amides is 1. The van der Waals surface area contributed by atoms with Crippen molar-refractivity contribution in [2.75, 3.05) is 11.5 Å². The van der Waals surface area contributed by atoms with E-state index in [1.165, 1.54) is 23.9 Å². The molecule has 1 atom stereocenters. The van der Waals surface area contributed by atoms with Crippen LogP contribution in [0.5, 0.6) is 5.75 Å². The number of aliphatic carboxylic acids is 1. The molecule has 0 aliphatic carbocycles. The maximum Gasteiger partial charge on any atom is 0.335 e. The van der Waals surface area contributed by atoms with Gasteiger partial charge in [0.15, 0.2) is 0 Å². The van der Waals surface area contributed by atoms with Gasteiger partial charge in [0.25, 0.3) is 5.91 Å². The highest BCUT2D eigenvalue weighted by Crippen LogP contribution is 2.23. The van der Waals surface area contributed by atoms with E-state index in [-0.39, 0.29) is 24.3 Å². The first-order chi connectivity index (χ1) is 14.9. The third-order valence-corrected chi connectivity index (χ3v) is 5.54. The zero-order valence-corrected chi connectivity index (χ0v) is 17.6. The fraction of sp³-hybridized carbons (Fsp3) is 0.318. The number of rotatable bonds is 13. The molecule has 8 nitrogen and oxygen atoms in total. The first-order valence-corrected chi connectivity index (χ1v) is 10.8. The van der Waals surface area contributed by atoms with Crippen LogP contribution in [0.3, 0.4) is 0 Å². The Kier molecular flexibility index (Phi) is 9.86. The van der Waals surface area contributed by atoms with Gasteiger partial charge < -0.3 is 14.9 Å². The summed E-state index contributed by atoms with van der Waals surface area (Å²) in [4.78, 5) is 34.2. The summed E-state index contributed by atoms with van der Waals surface area (Å²) < 4.78 is 5.74. The number of carbonyl (C=O) groups is 3. The lowest BCUT2D eigenvalue weighted by Crippen LogP contribution is -2.21. The number of hydrogen-bond donors (Lipinski definition) is 4. The summed E-state index contributed by atoms with van der Waals surface area (Å²) in [5.74, 6) is -2.25. The molecule has 0 radical (unpaired) electrons. The van der Waals surface area contributed by atoms with Crippen LogP contribution in [0.4, 0.5) is 0 Å². The number of carbonyl (C=O) groups excluding carboxylic acids is 1. The molecule has 0 fully saturated rings. The summed E-state index contributed by atoms with van der Waals surface area (Å²) in [6.07, 6.45) is 1.11. The van der Waals surface area contributed by atoms with Crippen LogP contribution in [-0.2, 0) is 22.6 Å². The highest BCUT2D eigenvalue weighted by Gasteiger charge is 2.19. The Hall–Kier alpha value is -3.04. The largest absolute Gasteiger partial charge is 0.489 e. The second-order valence-corrected chi connectivity index (χ2v) is 8.02. The topological polar surface area (TPSA) is 133 Å². The number of hydrogen-bond acceptors (Lipinski definition) is 6. The van der Waals surface area contributed by atoms with Crippen molar-refractivity contribution in [1.29, 1.82) is 0 Å². The van der Waals surface area contributed by atoms with Gasteiger partial charge in [-0.3, -0.25) is 14.8 Å². The number of carboxylic acid groups (broad SMARTS) is 2. The van der Waals surface area contributed by atoms with Crippen LogP contribution in [0, 0.1) is 5.92 Å². The third kappa shape index (κ3) is 8.69. The minimum Gasteiger partial charge on any atom is -0.489 e. The predicted molar refractivity (Wildman–Crippen MR) is 115 cm³/mol. The van der Waals surface area contributed by atoms with Crippen LogP contribution in [0.25, 0.3) is 0 Å². The van der Waals surface area contributed by atoms with Crippen LogP contribution >= 0.6 is 11.8 Å². The van der Waals surface area contributed by atoms with Crippen molar-refractivity contribution in [3.63, 3.8) is 0 Å². The second-order valence-electron chi connectivity index (χ2n) is 6.91. The summed E-state index contributed by atoms with van der Waals surface area (Å²) in [5, 5.41) is 27.4. The normalized spacial score (nSPS) is 11.5. The van der Waals surface area contributed by atoms with E-state index >= 15 is 0 Å². The first-order valence-electron chi connectivity index (χ1n) is 9.66. The Morgan fingerprint density at radius 2 is 1.77 bits per heavy atom. The van der Waals surface area contributed by atoms with Crippen molar-refractivity contribution in [1.82, 2.24) is 5.48 Å². The Balaban J connectivity index is 2.02. The van der Waals surface area contributed by atoms with Gasteiger partial charge in [-0.2, -0.15) is 11.8 Å². The summed E-state index contributed by atoms with van der Waals surface area (Å²) in [6, 6.07) is 14.0. The maximum absolute atomic E-state index is 11.7. The van der Waals surface area contributed by atoms with E-state index in [2.05, 4.69) is 0 Å². The molecule has 0 saturated carbocycles. The van der Waals surface area contributed by atoms with E-state index in [9.17, 15) is 24.6 Å². The molecule has 166 valence electrons. The molecule has 0 aliphatic heterocycles. The molecule has 0 aromatic heterocycles. The van der Waals surface area contributed by atoms with Crippen LogP contribution in [0.1, 0.15) is 34.3 Å². The fourth-order valence-electron chi connectivity index (χ4n) is 2.95. The molecule has 2 rings (SSSR count). The highest BCUT2D eigenvalue weighted by molar-refractivity contribution is 7.99. The van der Waals surface area contributed by atoms with Gasteiger partial charge in [-0.25, -0.2) is 10.3 Å². The van der Waals surface area contributed by atoms with Crippen molar-refractivity contribution in [3.8, 4) is 5.75 Å². The number of thioether (sulfide) groups is 1. The van der Waals surface area contributed by atoms with Crippen molar-refractivity contribution in [2.45, 2.75) is 25.9 Å². The molecule has 1 amide bonds. The Morgan fingerprint density at radius 3 is 2.42 bits per heavy atom. The van der Waals surface area contributed by atoms with Gasteiger partial charge in [-0.05, 0) is 54.3 Å². The lowest BCUT2D eigenvalue weighted by Gasteiger charge is -2.14. The summed E-state index contributed by atoms with van der Waals surface area (Å²) in [5.41, 5.74) is 3.08. The lowest BCUT2D eigenvalue weighted by molar-refractivity contribution is -0.142. The zero-order valence-electron chi connectivity index (χ0n) is 16.8. The van der Waals surface area contributed by atoms with E-state index in [0.29, 0.717) is 29.9 Å². The molecule has 0 bridgehead atoms. The molecule has 2 aromatic rings. The van der Waals surface area contributed by atoms with E-state index < -0.39 is 23.8 Å². The molecule has 1 unspecified atom stereocenters. The molecular formula is C22H25NO7S. The number of nitrogens with one attached hydrogen (secondary N) is 1. The van der Waals surface area contributed by atoms with Crippen LogP contribution in [-0.4, -0.2) is 44.8 Å². The van der Waals surface area contributed by atoms with Crippen molar-refractivity contribution >= 4 is 29.6 Å². The third-order valence-electron chi connectivity index (χ3n) is 4.49. The summed E-state index contributed by atoms with van der Waals surface area (Å²) in [7, 11) is 0. The van der Waals surface area contributed by atoms with Crippen LogP contribution in [0.15, 0.2) is 48.5 Å². The van der Waals surface area contributed by atoms with E-state index in [0.717, 1.165) is 5.56 Å². The smallest absolute Gasteiger partial charge is 0.335 e. The Bertz CT molecular complexity index is 889. The van der Waals surface area contributed by atoms with Gasteiger partial charge >= 0.3 is 11.9 Å². The molecule has 9 heteroatoms. The Labute approximate surface area is 184 Å². The molecule has 0 spiro atoms. The van der Waals surface area contributed by atoms with Gasteiger partial charge in [0.1, 0.15) is 12.4 Å². The molecule has 0 aliphatic rings. The fourth-order valence-corrected chi connectivity index (χ4v) is 3.72. The average molecular weight is 448 g/mol. The number of hydroxylamine groups is 1. The number of aromatic carboxylic acids is 1. The van der Waals surface area contributed by atoms with Gasteiger partial charge in [0.2, 0.25) is 0 Å². The van der Waals surface area contributed by atoms with Gasteiger partial charge in [0.05, 0.1) is 17.2 Å². The quantitative estimate of drug-likeness (QED) is 0.209. The second kappa shape index (κ2) is 12.6. The van der Waals surface area contributed by atoms with E-state index in [4.69, 9.17) is 9.94 Å². The van der Waals surface area contributed by atoms with E-state index in [1.807, 2.05) is 30.3 Å². The van der Waals surface area contributed by atoms with Crippen molar-refractivity contribution in [3.05, 3.63) is 65.2 Å². The summed E-state index contributed by atoms with van der Waals surface area (Å²) >= 11 is 1.30. The molecule has 0 heterocycles. The SMILES string of the molecule is O=C(CSCCCC(Cc1cc(OCc2ccccc2)cc(C(=O)O)c1)C(=O)O)NO. The highest BCUT2D eigenvalue weighted by atomic mass is 32.2. The zero-order chi connectivity index (χ0) is 22.6. The predicted octanol–water partition coefficient (Wildman–Crippen LogP) is 3.23. The first kappa shape index (κ1) is 24.2. The van der Waals surface area contributed by atoms with Crippen LogP contribution in [0.2, 0.25) is 0 Å². The summed E-state index contributed by atoms with van der Waals surface area (Å²) in [6.45, 7) is 0.268. The van der Waals surface area contributed by atoms with Crippen molar-refractivity contribution < 1.29 is 34.5 Å². The molecular weight excluding hydrogens is 422 g/mol. The van der Waals surface area contributed by atoms with Gasteiger partial charge in [-0.1, -0.05) is 30.3 Å². The minimum absolute atomic E-state index is 0.0373. The molecule has 2 aromatic carbocycles. The van der Waals surface area contributed by atoms with Crippen molar-refractivity contribution in [2.24, 2.45) is 5.92 Å². The van der Waals surface area contributed by atoms with Crippen LogP contribution < -0.4 is 10.2 Å². The van der Waals surface area contributed by atoms with Gasteiger partial charge in [0, 0.05) is 0 Å². The number of ether oxygens (including phenoxy) is 1. The van der Waals surface area contributed by atoms with Gasteiger partial charge in [-0.15, -0.1) is 0 Å². The monoisotopic (exact) mass is 447 g/mol. The minimum atomic E-state index is -1.11. The standard InChI is InChI=1S/C22H25NO7S/c24-20(23-29)14-31-8-4-7-17(21(25)26)9-16-10-18(22(27)28)12-19(11-16)30-13-15-5-2-1-3-6-15/h1-3,5-6,10-12,17,29H,4,7-9,13-14H2,(H,23,24)(H,25,26)(H,27,28). The van der Waals surface area contributed by atoms with E-state index in [1.54, 1.807) is 11.5 Å².